The third-order valence-electron chi connectivity index (χ3n) is 5.53. The van der Waals surface area contributed by atoms with Gasteiger partial charge in [-0.1, -0.05) is 6.07 Å². The van der Waals surface area contributed by atoms with Gasteiger partial charge in [-0.2, -0.15) is 0 Å². The number of piperazine rings is 1. The minimum Gasteiger partial charge on any atom is -0.487 e. The molecule has 4 heterocycles. The van der Waals surface area contributed by atoms with Gasteiger partial charge < -0.3 is 18.9 Å². The van der Waals surface area contributed by atoms with Crippen molar-refractivity contribution in [3.63, 3.8) is 0 Å². The normalized spacial score (nSPS) is 14.1. The van der Waals surface area contributed by atoms with Crippen LogP contribution < -0.4 is 14.6 Å². The molecule has 0 radical (unpaired) electrons. The van der Waals surface area contributed by atoms with Gasteiger partial charge in [0.1, 0.15) is 18.0 Å². The molecule has 5 rings (SSSR count). The predicted octanol–water partition coefficient (Wildman–Crippen LogP) is 2.69. The Morgan fingerprint density at radius 2 is 1.74 bits per heavy atom. The maximum absolute atomic E-state index is 12.9. The molecule has 1 amide bonds. The molecule has 1 N–H and O–H groups in total. The first-order valence-corrected chi connectivity index (χ1v) is 10.4. The number of rotatable bonds is 5. The molecule has 0 bridgehead atoms. The van der Waals surface area contributed by atoms with E-state index < -0.39 is 0 Å². The van der Waals surface area contributed by atoms with E-state index in [2.05, 4.69) is 27.0 Å². The average Bonchev–Trinajstić information content (AvgIpc) is 3.26. The highest BCUT2D eigenvalue weighted by Gasteiger charge is 2.22. The molecule has 31 heavy (non-hydrogen) atoms. The molecule has 1 aliphatic heterocycles. The summed E-state index contributed by atoms with van der Waals surface area (Å²) < 4.78 is 7.82. The van der Waals surface area contributed by atoms with Crippen LogP contribution in [0.5, 0.6) is 5.75 Å². The summed E-state index contributed by atoms with van der Waals surface area (Å²) in [5, 5.41) is 0. The van der Waals surface area contributed by atoms with Crippen molar-refractivity contribution in [2.24, 2.45) is 0 Å². The van der Waals surface area contributed by atoms with Crippen LogP contribution >= 0.6 is 0 Å². The SMILES string of the molecule is O=C(c1ccc(OCc2cn3ccccc3n2)cc1)N1CCN(c2cc[nH+]cc2)CC1. The van der Waals surface area contributed by atoms with Crippen LogP contribution in [-0.4, -0.2) is 46.4 Å². The van der Waals surface area contributed by atoms with E-state index in [0.29, 0.717) is 25.3 Å². The average molecular weight is 414 g/mol. The van der Waals surface area contributed by atoms with Crippen LogP contribution in [0.3, 0.4) is 0 Å². The Labute approximate surface area is 180 Å². The number of hydrogen-bond acceptors (Lipinski definition) is 4. The molecule has 1 aromatic carbocycles. The number of carbonyl (C=O) groups excluding carboxylic acids is 1. The third-order valence-corrected chi connectivity index (χ3v) is 5.53. The maximum Gasteiger partial charge on any atom is 0.253 e. The Kier molecular flexibility index (Phi) is 5.22. The Balaban J connectivity index is 1.16. The van der Waals surface area contributed by atoms with Gasteiger partial charge >= 0.3 is 0 Å². The first-order chi connectivity index (χ1) is 15.3. The summed E-state index contributed by atoms with van der Waals surface area (Å²) in [6.07, 6.45) is 7.77. The van der Waals surface area contributed by atoms with Crippen LogP contribution in [-0.2, 0) is 6.61 Å². The van der Waals surface area contributed by atoms with Crippen molar-refractivity contribution >= 4 is 17.2 Å². The molecule has 0 unspecified atom stereocenters. The van der Waals surface area contributed by atoms with Crippen LogP contribution in [0, 0.1) is 0 Å². The number of H-pyrrole nitrogens is 1. The van der Waals surface area contributed by atoms with Crippen molar-refractivity contribution in [2.45, 2.75) is 6.61 Å². The highest BCUT2D eigenvalue weighted by Crippen LogP contribution is 2.18. The van der Waals surface area contributed by atoms with E-state index in [9.17, 15) is 4.79 Å². The minimum atomic E-state index is 0.0629. The highest BCUT2D eigenvalue weighted by molar-refractivity contribution is 5.94. The molecule has 0 atom stereocenters. The molecular weight excluding hydrogens is 390 g/mol. The number of imidazole rings is 1. The second-order valence-corrected chi connectivity index (χ2v) is 7.55. The molecule has 4 aromatic rings. The fraction of sp³-hybridized carbons (Fsp3) is 0.208. The number of nitrogens with one attached hydrogen (secondary N) is 1. The second-order valence-electron chi connectivity index (χ2n) is 7.55. The van der Waals surface area contributed by atoms with Crippen molar-refractivity contribution < 1.29 is 14.5 Å². The topological polar surface area (TPSA) is 64.2 Å². The number of nitrogens with zero attached hydrogens (tertiary/aromatic N) is 4. The summed E-state index contributed by atoms with van der Waals surface area (Å²) in [4.78, 5) is 24.7. The standard InChI is InChI=1S/C24H23N5O2/c30-24(28-15-13-27(14-16-28)21-8-10-25-11-9-21)19-4-6-22(7-5-19)31-18-20-17-29-12-2-1-3-23(29)26-20/h1-12,17H,13-16,18H2/p+1. The zero-order chi connectivity index (χ0) is 21.0. The smallest absolute Gasteiger partial charge is 0.253 e. The van der Waals surface area contributed by atoms with Crippen molar-refractivity contribution in [3.05, 3.63) is 90.6 Å². The Bertz CT molecular complexity index is 1130. The number of aromatic nitrogens is 3. The zero-order valence-corrected chi connectivity index (χ0v) is 17.1. The number of hydrogen-bond donors (Lipinski definition) is 0. The fourth-order valence-electron chi connectivity index (χ4n) is 3.85. The Morgan fingerprint density at radius 1 is 0.968 bits per heavy atom. The number of anilines is 1. The lowest BCUT2D eigenvalue weighted by atomic mass is 10.1. The molecule has 1 saturated heterocycles. The van der Waals surface area contributed by atoms with Gasteiger partial charge in [-0.25, -0.2) is 9.97 Å². The van der Waals surface area contributed by atoms with Gasteiger partial charge in [-0.15, -0.1) is 0 Å². The van der Waals surface area contributed by atoms with Crippen LogP contribution in [0.4, 0.5) is 5.69 Å². The highest BCUT2D eigenvalue weighted by atomic mass is 16.5. The number of benzene rings is 1. The van der Waals surface area contributed by atoms with E-state index in [4.69, 9.17) is 4.74 Å². The number of aromatic amines is 1. The molecule has 0 aliphatic carbocycles. The Morgan fingerprint density at radius 3 is 2.48 bits per heavy atom. The second kappa shape index (κ2) is 8.47. The van der Waals surface area contributed by atoms with Crippen molar-refractivity contribution in [2.75, 3.05) is 31.1 Å². The van der Waals surface area contributed by atoms with Crippen molar-refractivity contribution in [1.82, 2.24) is 14.3 Å². The van der Waals surface area contributed by atoms with Crippen LogP contribution in [0.15, 0.2) is 79.4 Å². The predicted molar refractivity (Wildman–Crippen MR) is 117 cm³/mol. The molecule has 1 aliphatic rings. The lowest BCUT2D eigenvalue weighted by molar-refractivity contribution is -0.377. The first-order valence-electron chi connectivity index (χ1n) is 10.4. The van der Waals surface area contributed by atoms with Gasteiger partial charge in [0.25, 0.3) is 5.91 Å². The molecule has 156 valence electrons. The third kappa shape index (κ3) is 4.21. The summed E-state index contributed by atoms with van der Waals surface area (Å²) in [6, 6.07) is 17.4. The number of amides is 1. The molecule has 0 saturated carbocycles. The van der Waals surface area contributed by atoms with E-state index in [1.165, 1.54) is 5.69 Å². The summed E-state index contributed by atoms with van der Waals surface area (Å²) in [7, 11) is 0. The van der Waals surface area contributed by atoms with Crippen LogP contribution in [0.25, 0.3) is 5.65 Å². The monoisotopic (exact) mass is 414 g/mol. The summed E-state index contributed by atoms with van der Waals surface area (Å²) in [5.41, 5.74) is 3.62. The number of pyridine rings is 2. The minimum absolute atomic E-state index is 0.0629. The van der Waals surface area contributed by atoms with E-state index >= 15 is 0 Å². The van der Waals surface area contributed by atoms with Gasteiger partial charge in [-0.3, -0.25) is 4.79 Å². The molecule has 7 nitrogen and oxygen atoms in total. The number of fused-ring (bicyclic) bond motifs is 1. The zero-order valence-electron chi connectivity index (χ0n) is 17.1. The molecule has 0 spiro atoms. The van der Waals surface area contributed by atoms with Gasteiger partial charge in [0.15, 0.2) is 12.4 Å². The van der Waals surface area contributed by atoms with E-state index in [1.54, 1.807) is 0 Å². The van der Waals surface area contributed by atoms with Gasteiger partial charge in [-0.05, 0) is 36.4 Å². The summed E-state index contributed by atoms with van der Waals surface area (Å²) in [5.74, 6) is 0.784. The molecular formula is C24H24N5O2+. The maximum atomic E-state index is 12.9. The van der Waals surface area contributed by atoms with Gasteiger partial charge in [0, 0.05) is 62.0 Å². The number of ether oxygens (including phenoxy) is 1. The lowest BCUT2D eigenvalue weighted by Gasteiger charge is -2.35. The Hall–Kier alpha value is -3.87. The molecule has 7 heteroatoms. The number of carbonyl (C=O) groups is 1. The van der Waals surface area contributed by atoms with E-state index in [-0.39, 0.29) is 5.91 Å². The largest absolute Gasteiger partial charge is 0.487 e. The first kappa shape index (κ1) is 19.1. The molecule has 3 aromatic heterocycles. The molecule has 1 fully saturated rings. The lowest BCUT2D eigenvalue weighted by Crippen LogP contribution is -2.48. The van der Waals surface area contributed by atoms with Crippen LogP contribution in [0.1, 0.15) is 16.1 Å². The van der Waals surface area contributed by atoms with Crippen molar-refractivity contribution in [1.29, 1.82) is 0 Å². The van der Waals surface area contributed by atoms with E-state index in [1.807, 2.05) is 76.6 Å². The van der Waals surface area contributed by atoms with Crippen LogP contribution in [0.2, 0.25) is 0 Å². The fourth-order valence-corrected chi connectivity index (χ4v) is 3.85. The van der Waals surface area contributed by atoms with E-state index in [0.717, 1.165) is 30.2 Å². The van der Waals surface area contributed by atoms with Gasteiger partial charge in [0.2, 0.25) is 0 Å². The summed E-state index contributed by atoms with van der Waals surface area (Å²) >= 11 is 0. The quantitative estimate of drug-likeness (QED) is 0.504. The van der Waals surface area contributed by atoms with Gasteiger partial charge in [0.05, 0.1) is 5.69 Å². The van der Waals surface area contributed by atoms with Crippen molar-refractivity contribution in [3.8, 4) is 5.75 Å². The summed E-state index contributed by atoms with van der Waals surface area (Å²) in [6.45, 7) is 3.47.